The second-order valence-corrected chi connectivity index (χ2v) is 7.62. The zero-order valence-corrected chi connectivity index (χ0v) is 13.4. The molecule has 0 amide bonds. The van der Waals surface area contributed by atoms with Gasteiger partial charge in [-0.05, 0) is 22.9 Å². The molecule has 0 aromatic carbocycles. The molecule has 20 heavy (non-hydrogen) atoms. The first-order valence-corrected chi connectivity index (χ1v) is 8.10. The van der Waals surface area contributed by atoms with Crippen molar-refractivity contribution in [3.05, 3.63) is 38.2 Å². The van der Waals surface area contributed by atoms with Gasteiger partial charge in [0.25, 0.3) is 0 Å². The van der Waals surface area contributed by atoms with E-state index in [-0.39, 0.29) is 5.41 Å². The molecule has 0 radical (unpaired) electrons. The van der Waals surface area contributed by atoms with Gasteiger partial charge in [0.05, 0.1) is 6.61 Å². The molecule has 1 N–H and O–H groups in total. The minimum absolute atomic E-state index is 0.0652. The van der Waals surface area contributed by atoms with Crippen LogP contribution in [0.3, 0.4) is 0 Å². The van der Waals surface area contributed by atoms with E-state index in [9.17, 15) is 9.90 Å². The molecular formula is C15H18O3S2. The highest BCUT2D eigenvalue weighted by Crippen LogP contribution is 2.36. The summed E-state index contributed by atoms with van der Waals surface area (Å²) in [5, 5.41) is 11.3. The Morgan fingerprint density at radius 1 is 1.40 bits per heavy atom. The minimum atomic E-state index is -0.920. The lowest BCUT2D eigenvalue weighted by Gasteiger charge is -2.14. The molecule has 3 nitrogen and oxygen atoms in total. The molecular weight excluding hydrogens is 292 g/mol. The number of carbonyl (C=O) groups is 1. The number of carboxylic acid groups (broad SMARTS) is 1. The molecule has 2 heterocycles. The lowest BCUT2D eigenvalue weighted by Crippen LogP contribution is -2.08. The third kappa shape index (κ3) is 3.61. The number of thiophene rings is 2. The third-order valence-electron chi connectivity index (χ3n) is 2.82. The Labute approximate surface area is 126 Å². The van der Waals surface area contributed by atoms with Gasteiger partial charge in [-0.25, -0.2) is 4.79 Å². The van der Waals surface area contributed by atoms with Crippen LogP contribution in [0, 0.1) is 0 Å². The van der Waals surface area contributed by atoms with Crippen LogP contribution < -0.4 is 4.74 Å². The monoisotopic (exact) mass is 310 g/mol. The highest BCUT2D eigenvalue weighted by atomic mass is 32.1. The van der Waals surface area contributed by atoms with E-state index < -0.39 is 5.97 Å². The Morgan fingerprint density at radius 3 is 2.70 bits per heavy atom. The molecule has 0 bridgehead atoms. The van der Waals surface area contributed by atoms with Gasteiger partial charge in [0.2, 0.25) is 0 Å². The van der Waals surface area contributed by atoms with E-state index in [1.165, 1.54) is 16.2 Å². The van der Waals surface area contributed by atoms with Crippen molar-refractivity contribution in [3.63, 3.8) is 0 Å². The van der Waals surface area contributed by atoms with Crippen LogP contribution in [-0.4, -0.2) is 17.7 Å². The molecule has 0 unspecified atom stereocenters. The van der Waals surface area contributed by atoms with Crippen LogP contribution in [0.4, 0.5) is 0 Å². The largest absolute Gasteiger partial charge is 0.491 e. The Bertz CT molecular complexity index is 577. The van der Waals surface area contributed by atoms with Crippen molar-refractivity contribution < 1.29 is 14.6 Å². The van der Waals surface area contributed by atoms with Gasteiger partial charge in [-0.3, -0.25) is 0 Å². The zero-order chi connectivity index (χ0) is 14.8. The summed E-state index contributed by atoms with van der Waals surface area (Å²) >= 11 is 2.98. The SMILES string of the molecule is CC(C)(C)c1cc(OCCc2cccs2)c(C(=O)O)s1. The molecule has 0 saturated heterocycles. The fourth-order valence-corrected chi connectivity index (χ4v) is 3.40. The topological polar surface area (TPSA) is 46.5 Å². The number of ether oxygens (including phenoxy) is 1. The smallest absolute Gasteiger partial charge is 0.349 e. The highest BCUT2D eigenvalue weighted by molar-refractivity contribution is 7.14. The van der Waals surface area contributed by atoms with E-state index in [0.29, 0.717) is 17.2 Å². The summed E-state index contributed by atoms with van der Waals surface area (Å²) in [6.45, 7) is 6.71. The van der Waals surface area contributed by atoms with Crippen molar-refractivity contribution in [2.45, 2.75) is 32.6 Å². The van der Waals surface area contributed by atoms with Crippen molar-refractivity contribution in [2.24, 2.45) is 0 Å². The van der Waals surface area contributed by atoms with Crippen LogP contribution in [0.15, 0.2) is 23.6 Å². The first-order chi connectivity index (χ1) is 9.38. The molecule has 2 aromatic rings. The lowest BCUT2D eigenvalue weighted by molar-refractivity contribution is 0.0698. The quantitative estimate of drug-likeness (QED) is 0.889. The number of rotatable bonds is 5. The summed E-state index contributed by atoms with van der Waals surface area (Å²) in [5.41, 5.74) is -0.0652. The summed E-state index contributed by atoms with van der Waals surface area (Å²) in [6, 6.07) is 5.92. The Morgan fingerprint density at radius 2 is 2.15 bits per heavy atom. The third-order valence-corrected chi connectivity index (χ3v) is 5.28. The van der Waals surface area contributed by atoms with Gasteiger partial charge in [-0.1, -0.05) is 26.8 Å². The average molecular weight is 310 g/mol. The van der Waals surface area contributed by atoms with Crippen molar-refractivity contribution in [2.75, 3.05) is 6.61 Å². The van der Waals surface area contributed by atoms with Crippen molar-refractivity contribution >= 4 is 28.6 Å². The number of aromatic carboxylic acids is 1. The van der Waals surface area contributed by atoms with Crippen molar-refractivity contribution in [1.82, 2.24) is 0 Å². The second-order valence-electron chi connectivity index (χ2n) is 5.54. The summed E-state index contributed by atoms with van der Waals surface area (Å²) in [7, 11) is 0. The molecule has 108 valence electrons. The molecule has 0 atom stereocenters. The molecule has 0 saturated carbocycles. The van der Waals surface area contributed by atoms with Crippen LogP contribution in [-0.2, 0) is 11.8 Å². The normalized spacial score (nSPS) is 11.6. The van der Waals surface area contributed by atoms with Crippen LogP contribution in [0.1, 0.15) is 40.2 Å². The standard InChI is InChI=1S/C15H18O3S2/c1-15(2,3)12-9-11(13(20-12)14(16)17)18-7-6-10-5-4-8-19-10/h4-5,8-9H,6-7H2,1-3H3,(H,16,17). The summed E-state index contributed by atoms with van der Waals surface area (Å²) in [6.07, 6.45) is 0.803. The van der Waals surface area contributed by atoms with Gasteiger partial charge in [0.15, 0.2) is 4.88 Å². The molecule has 0 aliphatic carbocycles. The lowest BCUT2D eigenvalue weighted by atomic mass is 9.95. The van der Waals surface area contributed by atoms with E-state index in [2.05, 4.69) is 26.8 Å². The fourth-order valence-electron chi connectivity index (χ4n) is 1.72. The Hall–Kier alpha value is -1.33. The van der Waals surface area contributed by atoms with Crippen LogP contribution in [0.25, 0.3) is 0 Å². The van der Waals surface area contributed by atoms with Gasteiger partial charge in [0.1, 0.15) is 5.75 Å². The first kappa shape index (κ1) is 15.1. The Balaban J connectivity index is 2.09. The number of hydrogen-bond donors (Lipinski definition) is 1. The maximum Gasteiger partial charge on any atom is 0.349 e. The van der Waals surface area contributed by atoms with E-state index in [0.717, 1.165) is 11.3 Å². The summed E-state index contributed by atoms with van der Waals surface area (Å²) in [4.78, 5) is 13.9. The molecule has 0 fully saturated rings. The minimum Gasteiger partial charge on any atom is -0.491 e. The maximum absolute atomic E-state index is 11.3. The van der Waals surface area contributed by atoms with Crippen LogP contribution in [0.2, 0.25) is 0 Å². The summed E-state index contributed by atoms with van der Waals surface area (Å²) in [5.74, 6) is -0.430. The number of carboxylic acids is 1. The van der Waals surface area contributed by atoms with E-state index in [1.807, 2.05) is 17.5 Å². The van der Waals surface area contributed by atoms with E-state index >= 15 is 0 Å². The van der Waals surface area contributed by atoms with Gasteiger partial charge < -0.3 is 9.84 Å². The molecule has 5 heteroatoms. The predicted octanol–water partition coefficient (Wildman–Crippen LogP) is 4.43. The Kier molecular flexibility index (Phi) is 4.50. The van der Waals surface area contributed by atoms with E-state index in [1.54, 1.807) is 11.3 Å². The molecule has 2 rings (SSSR count). The van der Waals surface area contributed by atoms with Crippen LogP contribution >= 0.6 is 22.7 Å². The molecule has 0 spiro atoms. The zero-order valence-electron chi connectivity index (χ0n) is 11.8. The maximum atomic E-state index is 11.3. The molecule has 2 aromatic heterocycles. The van der Waals surface area contributed by atoms with Crippen molar-refractivity contribution in [1.29, 1.82) is 0 Å². The van der Waals surface area contributed by atoms with Gasteiger partial charge in [-0.2, -0.15) is 0 Å². The second kappa shape index (κ2) is 5.97. The van der Waals surface area contributed by atoms with E-state index in [4.69, 9.17) is 4.74 Å². The summed E-state index contributed by atoms with van der Waals surface area (Å²) < 4.78 is 5.68. The van der Waals surface area contributed by atoms with Gasteiger partial charge in [-0.15, -0.1) is 22.7 Å². The van der Waals surface area contributed by atoms with Gasteiger partial charge in [0, 0.05) is 16.2 Å². The fraction of sp³-hybridized carbons (Fsp3) is 0.400. The predicted molar refractivity (Wildman–Crippen MR) is 83.5 cm³/mol. The highest BCUT2D eigenvalue weighted by Gasteiger charge is 2.23. The van der Waals surface area contributed by atoms with Gasteiger partial charge >= 0.3 is 5.97 Å². The van der Waals surface area contributed by atoms with Crippen molar-refractivity contribution in [3.8, 4) is 5.75 Å². The molecule has 0 aliphatic rings. The number of hydrogen-bond acceptors (Lipinski definition) is 4. The first-order valence-electron chi connectivity index (χ1n) is 6.40. The van der Waals surface area contributed by atoms with Crippen LogP contribution in [0.5, 0.6) is 5.75 Å². The average Bonchev–Trinajstić information content (AvgIpc) is 2.96. The molecule has 0 aliphatic heterocycles.